The molecule has 5 heterocycles. The van der Waals surface area contributed by atoms with Crippen molar-refractivity contribution in [2.24, 2.45) is 23.7 Å². The van der Waals surface area contributed by atoms with Crippen LogP contribution in [0.3, 0.4) is 0 Å². The van der Waals surface area contributed by atoms with Gasteiger partial charge in [-0.1, -0.05) is 101 Å². The molecule has 0 aliphatic carbocycles. The summed E-state index contributed by atoms with van der Waals surface area (Å²) in [7, 11) is 0. The fraction of sp³-hybridized carbons (Fsp3) is 0.540. The van der Waals surface area contributed by atoms with Crippen molar-refractivity contribution in [2.45, 2.75) is 256 Å². The lowest BCUT2D eigenvalue weighted by Crippen LogP contribution is -2.33. The monoisotopic (exact) mass is 1500 g/mol. The number of hydrogen-bond acceptors (Lipinski definition) is 21. The molecule has 0 bridgehead atoms. The van der Waals surface area contributed by atoms with E-state index < -0.39 is 11.9 Å². The molecule has 6 rings (SSSR count). The van der Waals surface area contributed by atoms with E-state index in [9.17, 15) is 53.1 Å². The minimum absolute atomic E-state index is 0.0145. The van der Waals surface area contributed by atoms with Gasteiger partial charge in [0.15, 0.2) is 28.9 Å². The van der Waals surface area contributed by atoms with Gasteiger partial charge in [-0.25, -0.2) is 24.0 Å². The number of phenols is 1. The molecule has 1 aromatic rings. The predicted octanol–water partition coefficient (Wildman–Crippen LogP) is 16.7. The van der Waals surface area contributed by atoms with Crippen LogP contribution in [0, 0.1) is 23.7 Å². The van der Waals surface area contributed by atoms with Crippen LogP contribution < -0.4 is 26.6 Å². The Kier molecular flexibility index (Phi) is 41.6. The largest absolute Gasteiger partial charge is 0.508 e. The number of benzene rings is 1. The van der Waals surface area contributed by atoms with Crippen LogP contribution in [0.15, 0.2) is 161 Å². The van der Waals surface area contributed by atoms with Crippen LogP contribution in [-0.4, -0.2) is 96.9 Å². The summed E-state index contributed by atoms with van der Waals surface area (Å²) in [5.41, 5.74) is 15.4. The number of phenolic OH excluding ortho intramolecular Hbond substituents is 1. The van der Waals surface area contributed by atoms with Crippen molar-refractivity contribution >= 4 is 58.8 Å². The number of aromatic hydroxyl groups is 1. The number of hydrogen-bond donors (Lipinski definition) is 6. The molecule has 5 atom stereocenters. The van der Waals surface area contributed by atoms with Crippen molar-refractivity contribution in [3.8, 4) is 5.75 Å². The summed E-state index contributed by atoms with van der Waals surface area (Å²) < 4.78 is 25.7. The molecule has 0 saturated heterocycles. The number of carbonyl (C=O) groups is 10. The maximum atomic E-state index is 12.5. The highest BCUT2D eigenvalue weighted by Gasteiger charge is 2.40. The van der Waals surface area contributed by atoms with Crippen molar-refractivity contribution in [2.75, 3.05) is 33.0 Å². The first kappa shape index (κ1) is 94.7. The topological polar surface area (TPSA) is 297 Å². The molecule has 5 unspecified atom stereocenters. The van der Waals surface area contributed by atoms with Crippen molar-refractivity contribution < 1.29 is 76.7 Å². The average Bonchev–Trinajstić information content (AvgIpc) is 0.776. The Morgan fingerprint density at radius 1 is 0.426 bits per heavy atom. The molecule has 21 heteroatoms. The quantitative estimate of drug-likeness (QED) is 0.0180. The molecular formula is C87H127N5O16. The van der Waals surface area contributed by atoms with Gasteiger partial charge in [0, 0.05) is 115 Å². The van der Waals surface area contributed by atoms with Crippen LogP contribution in [0.2, 0.25) is 0 Å². The number of rotatable bonds is 30. The predicted molar refractivity (Wildman–Crippen MR) is 425 cm³/mol. The first-order chi connectivity index (χ1) is 50.9. The van der Waals surface area contributed by atoms with Crippen molar-refractivity contribution in [1.82, 2.24) is 26.6 Å². The van der Waals surface area contributed by atoms with Gasteiger partial charge in [0.1, 0.15) is 5.75 Å². The molecule has 21 nitrogen and oxygen atoms in total. The number of dihydropyridines is 5. The third kappa shape index (κ3) is 27.7. The summed E-state index contributed by atoms with van der Waals surface area (Å²) in [6.07, 6.45) is 17.9. The molecule has 108 heavy (non-hydrogen) atoms. The van der Waals surface area contributed by atoms with Crippen molar-refractivity contribution in [3.05, 3.63) is 166 Å². The normalized spacial score (nSPS) is 18.0. The van der Waals surface area contributed by atoms with E-state index in [1.165, 1.54) is 39.2 Å². The van der Waals surface area contributed by atoms with Crippen molar-refractivity contribution in [1.29, 1.82) is 0 Å². The van der Waals surface area contributed by atoms with E-state index >= 15 is 0 Å². The fourth-order valence-corrected chi connectivity index (χ4v) is 14.1. The summed E-state index contributed by atoms with van der Waals surface area (Å²) in [6, 6.07) is 6.73. The number of unbranched alkanes of at least 4 members (excludes halogenated alkanes) is 5. The van der Waals surface area contributed by atoms with Crippen LogP contribution in [0.4, 0.5) is 0 Å². The molecule has 0 radical (unpaired) electrons. The SMILES string of the molecule is CCCC/C=C/C1C(C(C)=O)=C(C)NC(C)=C1C(=O)OCC.CCCCCCC1C(C(C)=O)=C(C)NC(C)=C1C(=O)OCC.CCOC(=O)C1=C(C)NC(C)=C(C(C)=O)C1.CCOC(=O)C1=C(C)NC(C)=C(C(C)=O)C1CC(C)CCC=C(C)C.CCOC(=O)C1=C(C)NC(C)=C(C(C)=O)C1c1ccccc1O. The molecule has 0 aromatic heterocycles. The number of ether oxygens (including phenoxy) is 5. The Hall–Kier alpha value is -9.40. The van der Waals surface area contributed by atoms with Crippen LogP contribution >= 0.6 is 0 Å². The second-order valence-electron chi connectivity index (χ2n) is 27.9. The van der Waals surface area contributed by atoms with Gasteiger partial charge < -0.3 is 55.4 Å². The van der Waals surface area contributed by atoms with E-state index in [1.54, 1.807) is 86.6 Å². The number of ketones is 5. The summed E-state index contributed by atoms with van der Waals surface area (Å²) >= 11 is 0. The lowest BCUT2D eigenvalue weighted by atomic mass is 9.77. The molecular weight excluding hydrogens is 1370 g/mol. The zero-order valence-corrected chi connectivity index (χ0v) is 69.5. The maximum Gasteiger partial charge on any atom is 0.336 e. The van der Waals surface area contributed by atoms with Gasteiger partial charge in [-0.2, -0.15) is 0 Å². The zero-order chi connectivity index (χ0) is 82.0. The second-order valence-corrected chi connectivity index (χ2v) is 27.9. The zero-order valence-electron chi connectivity index (χ0n) is 69.5. The minimum atomic E-state index is -0.644. The van der Waals surface area contributed by atoms with Gasteiger partial charge in [-0.3, -0.25) is 24.0 Å². The van der Waals surface area contributed by atoms with Crippen molar-refractivity contribution in [3.63, 3.8) is 0 Å². The first-order valence-corrected chi connectivity index (χ1v) is 38.3. The van der Waals surface area contributed by atoms with Gasteiger partial charge in [0.25, 0.3) is 0 Å². The van der Waals surface area contributed by atoms with E-state index in [0.717, 1.165) is 109 Å². The molecule has 0 fully saturated rings. The molecule has 0 spiro atoms. The molecule has 0 amide bonds. The molecule has 0 saturated carbocycles. The van der Waals surface area contributed by atoms with Crippen LogP contribution in [-0.2, 0) is 71.6 Å². The third-order valence-corrected chi connectivity index (χ3v) is 18.9. The number of nitrogens with one attached hydrogen (secondary N) is 5. The van der Waals surface area contributed by atoms with Gasteiger partial charge >= 0.3 is 29.8 Å². The molecule has 1 aromatic carbocycles. The van der Waals surface area contributed by atoms with Gasteiger partial charge in [0.2, 0.25) is 0 Å². The Morgan fingerprint density at radius 3 is 1.27 bits per heavy atom. The fourth-order valence-electron chi connectivity index (χ4n) is 14.1. The number of esters is 5. The van der Waals surface area contributed by atoms with Crippen LogP contribution in [0.25, 0.3) is 0 Å². The highest BCUT2D eigenvalue weighted by atomic mass is 16.5. The number of carbonyl (C=O) groups excluding carboxylic acids is 10. The summed E-state index contributed by atoms with van der Waals surface area (Å²) in [4.78, 5) is 121. The number of para-hydroxylation sites is 1. The molecule has 6 N–H and O–H groups in total. The second kappa shape index (κ2) is 47.4. The van der Waals surface area contributed by atoms with E-state index in [-0.39, 0.29) is 82.9 Å². The van der Waals surface area contributed by atoms with E-state index in [0.29, 0.717) is 106 Å². The third-order valence-electron chi connectivity index (χ3n) is 18.9. The van der Waals surface area contributed by atoms with E-state index in [4.69, 9.17) is 23.7 Å². The van der Waals surface area contributed by atoms with Crippen LogP contribution in [0.1, 0.15) is 262 Å². The minimum Gasteiger partial charge on any atom is -0.508 e. The number of Topliss-reactive ketones (excluding diaryl/α,β-unsaturated/α-hetero) is 5. The summed E-state index contributed by atoms with van der Waals surface area (Å²) in [5, 5.41) is 25.8. The molecule has 5 aliphatic rings. The summed E-state index contributed by atoms with van der Waals surface area (Å²) in [5.74, 6) is -2.84. The van der Waals surface area contributed by atoms with E-state index in [1.807, 2.05) is 61.5 Å². The first-order valence-electron chi connectivity index (χ1n) is 38.3. The highest BCUT2D eigenvalue weighted by Crippen LogP contribution is 2.43. The maximum absolute atomic E-state index is 12.5. The van der Waals surface area contributed by atoms with Gasteiger partial charge in [-0.15, -0.1) is 0 Å². The Labute approximate surface area is 643 Å². The lowest BCUT2D eigenvalue weighted by molar-refractivity contribution is -0.140. The Bertz CT molecular complexity index is 3870. The summed E-state index contributed by atoms with van der Waals surface area (Å²) in [6.45, 7) is 47.3. The van der Waals surface area contributed by atoms with Crippen LogP contribution in [0.5, 0.6) is 5.75 Å². The Morgan fingerprint density at radius 2 is 0.815 bits per heavy atom. The Balaban J connectivity index is 0.000000461. The standard InChI is InChI=1S/C21H33NO3.C18H21NO4.C18H29NO3.C18H27NO3.C12H17NO3/c1-8-25-21(24)20-16(6)22-15(5)19(17(7)23)18(20)12-14(4)11-9-10-13(2)3;1-5-23-18(22)16-11(3)19-10(2)15(12(4)20)17(16)13-8-6-7-9-14(13)21;2*1-6-8-9-10-11-15-16(14(5)20)12(3)19-13(4)17(15)18(21)22-7-2;1-5-16-12(15)11-6-10(9(4)14)7(2)13-8(11)3/h10,14,18,22H,8-9,11-12H2,1-7H3;6-9,17,19,21H,5H2,1-4H3;15,19H,6-11H2,1-5H3;10-11,15,19H,6-9H2,1-5H3;13H,5-6H2,1-4H3/b;;;11-10+;. The van der Waals surface area contributed by atoms with Gasteiger partial charge in [0.05, 0.1) is 66.8 Å². The van der Waals surface area contributed by atoms with E-state index in [2.05, 4.69) is 73.4 Å². The van der Waals surface area contributed by atoms with Gasteiger partial charge in [-0.05, 0) is 196 Å². The smallest absolute Gasteiger partial charge is 0.336 e. The lowest BCUT2D eigenvalue weighted by Gasteiger charge is -2.31. The number of allylic oxidation sites excluding steroid dienone is 19. The highest BCUT2D eigenvalue weighted by molar-refractivity contribution is 6.04. The molecule has 5 aliphatic heterocycles. The molecule has 596 valence electrons. The average molecular weight is 1500 g/mol.